The van der Waals surface area contributed by atoms with E-state index in [1.54, 1.807) is 6.92 Å². The molecule has 0 radical (unpaired) electrons. The summed E-state index contributed by atoms with van der Waals surface area (Å²) in [5, 5.41) is 14.3. The van der Waals surface area contributed by atoms with E-state index in [9.17, 15) is 19.5 Å². The third-order valence-electron chi connectivity index (χ3n) is 6.15. The Bertz CT molecular complexity index is 996. The van der Waals surface area contributed by atoms with Crippen LogP contribution in [0.1, 0.15) is 30.9 Å². The number of hydrogen-bond acceptors (Lipinski definition) is 6. The fraction of sp³-hybridized carbons (Fsp3) is 0.400. The summed E-state index contributed by atoms with van der Waals surface area (Å²) in [4.78, 5) is 37.0. The summed E-state index contributed by atoms with van der Waals surface area (Å²) in [6.45, 7) is 3.18. The molecule has 3 rings (SSSR count). The molecule has 34 heavy (non-hydrogen) atoms. The summed E-state index contributed by atoms with van der Waals surface area (Å²) in [5.74, 6) is -2.11. The fourth-order valence-corrected chi connectivity index (χ4v) is 4.06. The number of aliphatic carboxylic acids is 1. The van der Waals surface area contributed by atoms with Gasteiger partial charge >= 0.3 is 12.1 Å². The second-order valence-corrected chi connectivity index (χ2v) is 8.15. The molecule has 0 saturated carbocycles. The van der Waals surface area contributed by atoms with Crippen molar-refractivity contribution in [3.63, 3.8) is 0 Å². The van der Waals surface area contributed by atoms with E-state index in [1.165, 1.54) is 21.1 Å². The van der Waals surface area contributed by atoms with Crippen LogP contribution in [0.4, 0.5) is 4.79 Å². The Kier molecular flexibility index (Phi) is 8.25. The van der Waals surface area contributed by atoms with Gasteiger partial charge in [0.1, 0.15) is 12.6 Å². The van der Waals surface area contributed by atoms with Gasteiger partial charge in [0.05, 0.1) is 12.2 Å². The van der Waals surface area contributed by atoms with Gasteiger partial charge in [0, 0.05) is 20.1 Å². The molecule has 0 saturated heterocycles. The van der Waals surface area contributed by atoms with E-state index in [0.717, 1.165) is 22.3 Å². The fourth-order valence-electron chi connectivity index (χ4n) is 4.06. The van der Waals surface area contributed by atoms with Crippen LogP contribution in [0.5, 0.6) is 0 Å². The molecule has 2 aromatic rings. The summed E-state index contributed by atoms with van der Waals surface area (Å²) < 4.78 is 15.8. The number of carbonyl (C=O) groups excluding carboxylic acids is 2. The lowest BCUT2D eigenvalue weighted by atomic mass is 9.98. The molecule has 1 aliphatic rings. The van der Waals surface area contributed by atoms with Crippen molar-refractivity contribution < 1.29 is 33.7 Å². The van der Waals surface area contributed by atoms with Crippen LogP contribution < -0.4 is 10.6 Å². The smallest absolute Gasteiger partial charge is 0.407 e. The number of fused-ring (bicyclic) bond motifs is 3. The van der Waals surface area contributed by atoms with Gasteiger partial charge in [-0.25, -0.2) is 9.59 Å². The van der Waals surface area contributed by atoms with Crippen LogP contribution in [0.15, 0.2) is 48.5 Å². The molecular formula is C25H30N2O7. The molecule has 4 atom stereocenters. The Labute approximate surface area is 198 Å². The maximum absolute atomic E-state index is 12.8. The number of carbonyl (C=O) groups is 3. The molecule has 0 bridgehead atoms. The van der Waals surface area contributed by atoms with E-state index >= 15 is 0 Å². The van der Waals surface area contributed by atoms with Crippen molar-refractivity contribution in [3.8, 4) is 11.1 Å². The van der Waals surface area contributed by atoms with Gasteiger partial charge in [0.15, 0.2) is 6.04 Å². The molecule has 2 amide bonds. The van der Waals surface area contributed by atoms with E-state index in [-0.39, 0.29) is 12.5 Å². The maximum Gasteiger partial charge on any atom is 0.407 e. The van der Waals surface area contributed by atoms with Crippen molar-refractivity contribution in [2.24, 2.45) is 0 Å². The van der Waals surface area contributed by atoms with Gasteiger partial charge in [-0.2, -0.15) is 0 Å². The first-order valence-corrected chi connectivity index (χ1v) is 11.0. The van der Waals surface area contributed by atoms with Crippen LogP contribution in [0.2, 0.25) is 0 Å². The Morgan fingerprint density at radius 3 is 1.85 bits per heavy atom. The number of rotatable bonds is 10. The molecule has 3 N–H and O–H groups in total. The van der Waals surface area contributed by atoms with Crippen LogP contribution in [0.3, 0.4) is 0 Å². The molecule has 0 spiro atoms. The summed E-state index contributed by atoms with van der Waals surface area (Å²) >= 11 is 0. The number of methoxy groups -OCH3 is 2. The highest BCUT2D eigenvalue weighted by Crippen LogP contribution is 2.44. The SMILES string of the molecule is COC(C)C(NC(=O)OCC1c2ccccc2-c2ccccc21)C(=O)N[C@H](C(=O)O)[C@@H](C)OC. The monoisotopic (exact) mass is 470 g/mol. The van der Waals surface area contributed by atoms with Gasteiger partial charge in [-0.3, -0.25) is 4.79 Å². The number of benzene rings is 2. The zero-order valence-electron chi connectivity index (χ0n) is 19.6. The van der Waals surface area contributed by atoms with Crippen molar-refractivity contribution in [2.45, 2.75) is 44.1 Å². The van der Waals surface area contributed by atoms with Gasteiger partial charge in [0.2, 0.25) is 5.91 Å². The van der Waals surface area contributed by atoms with Crippen LogP contribution in [-0.4, -0.2) is 68.2 Å². The lowest BCUT2D eigenvalue weighted by Gasteiger charge is -2.27. The minimum absolute atomic E-state index is 0.0774. The predicted octanol–water partition coefficient (Wildman–Crippen LogP) is 2.53. The Hall–Kier alpha value is -3.43. The Morgan fingerprint density at radius 2 is 1.35 bits per heavy atom. The minimum atomic E-state index is -1.30. The quantitative estimate of drug-likeness (QED) is 0.488. The Balaban J connectivity index is 1.69. The van der Waals surface area contributed by atoms with Crippen LogP contribution in [-0.2, 0) is 23.8 Å². The molecule has 9 nitrogen and oxygen atoms in total. The van der Waals surface area contributed by atoms with Crippen molar-refractivity contribution in [2.75, 3.05) is 20.8 Å². The topological polar surface area (TPSA) is 123 Å². The third-order valence-corrected chi connectivity index (χ3v) is 6.15. The summed E-state index contributed by atoms with van der Waals surface area (Å²) in [6, 6.07) is 13.4. The van der Waals surface area contributed by atoms with Gasteiger partial charge < -0.3 is 30.0 Å². The van der Waals surface area contributed by atoms with Crippen LogP contribution >= 0.6 is 0 Å². The molecule has 9 heteroatoms. The molecular weight excluding hydrogens is 440 g/mol. The number of ether oxygens (including phenoxy) is 3. The average molecular weight is 471 g/mol. The third kappa shape index (κ3) is 5.37. The van der Waals surface area contributed by atoms with Gasteiger partial charge in [-0.1, -0.05) is 48.5 Å². The second-order valence-electron chi connectivity index (χ2n) is 8.15. The first kappa shape index (κ1) is 25.2. The van der Waals surface area contributed by atoms with Crippen molar-refractivity contribution in [1.29, 1.82) is 0 Å². The van der Waals surface area contributed by atoms with Crippen molar-refractivity contribution in [3.05, 3.63) is 59.7 Å². The zero-order valence-corrected chi connectivity index (χ0v) is 19.6. The first-order chi connectivity index (χ1) is 16.3. The standard InChI is InChI=1S/C25H30N2O7/c1-14(32-3)21(23(28)26-22(24(29)30)15(2)33-4)27-25(31)34-13-20-18-11-7-5-9-16(18)17-10-6-8-12-19(17)20/h5-12,14-15,20-22H,13H2,1-4H3,(H,26,28)(H,27,31)(H,29,30)/t14?,15-,21?,22+/m1/s1. The molecule has 0 aliphatic heterocycles. The zero-order chi connectivity index (χ0) is 24.8. The van der Waals surface area contributed by atoms with E-state index in [2.05, 4.69) is 10.6 Å². The van der Waals surface area contributed by atoms with Crippen LogP contribution in [0, 0.1) is 0 Å². The highest BCUT2D eigenvalue weighted by atomic mass is 16.5. The largest absolute Gasteiger partial charge is 0.480 e. The van der Waals surface area contributed by atoms with E-state index in [1.807, 2.05) is 48.5 Å². The highest BCUT2D eigenvalue weighted by molar-refractivity contribution is 5.90. The number of alkyl carbamates (subject to hydrolysis) is 1. The molecule has 2 unspecified atom stereocenters. The van der Waals surface area contributed by atoms with E-state index in [4.69, 9.17) is 14.2 Å². The number of carboxylic acid groups (broad SMARTS) is 1. The highest BCUT2D eigenvalue weighted by Gasteiger charge is 2.34. The molecule has 0 heterocycles. The van der Waals surface area contributed by atoms with E-state index in [0.29, 0.717) is 0 Å². The van der Waals surface area contributed by atoms with Crippen LogP contribution in [0.25, 0.3) is 11.1 Å². The summed E-state index contributed by atoms with van der Waals surface area (Å²) in [5.41, 5.74) is 4.33. The van der Waals surface area contributed by atoms with E-state index < -0.39 is 42.3 Å². The van der Waals surface area contributed by atoms with Crippen molar-refractivity contribution >= 4 is 18.0 Å². The summed E-state index contributed by atoms with van der Waals surface area (Å²) in [7, 11) is 2.73. The molecule has 0 fully saturated rings. The number of carboxylic acids is 1. The Morgan fingerprint density at radius 1 is 0.853 bits per heavy atom. The predicted molar refractivity (Wildman–Crippen MR) is 125 cm³/mol. The minimum Gasteiger partial charge on any atom is -0.480 e. The summed E-state index contributed by atoms with van der Waals surface area (Å²) in [6.07, 6.45) is -2.33. The molecule has 1 aliphatic carbocycles. The maximum atomic E-state index is 12.8. The lowest BCUT2D eigenvalue weighted by molar-refractivity contribution is -0.146. The number of amides is 2. The molecule has 2 aromatic carbocycles. The van der Waals surface area contributed by atoms with Gasteiger partial charge in [0.25, 0.3) is 0 Å². The normalized spacial score (nSPS) is 15.9. The molecule has 0 aromatic heterocycles. The second kappa shape index (κ2) is 11.1. The van der Waals surface area contributed by atoms with Gasteiger partial charge in [-0.05, 0) is 36.1 Å². The van der Waals surface area contributed by atoms with Gasteiger partial charge in [-0.15, -0.1) is 0 Å². The van der Waals surface area contributed by atoms with Crippen molar-refractivity contribution in [1.82, 2.24) is 10.6 Å². The lowest BCUT2D eigenvalue weighted by Crippen LogP contribution is -2.58. The number of nitrogens with one attached hydrogen (secondary N) is 2. The first-order valence-electron chi connectivity index (χ1n) is 11.0. The number of hydrogen-bond donors (Lipinski definition) is 3. The average Bonchev–Trinajstić information content (AvgIpc) is 3.17. The molecule has 182 valence electrons.